The Hall–Kier alpha value is 0.630. The van der Waals surface area contributed by atoms with Gasteiger partial charge in [-0.2, -0.15) is 0 Å². The predicted octanol–water partition coefficient (Wildman–Crippen LogP) is 3.09. The molecule has 66 valence electrons. The molecule has 0 N–H and O–H groups in total. The molecular weight excluding hydrogens is 231 g/mol. The minimum atomic E-state index is -2.97. The highest BCUT2D eigenvalue weighted by Crippen LogP contribution is 2.68. The van der Waals surface area contributed by atoms with Crippen LogP contribution in [0.2, 0.25) is 0 Å². The Bertz CT molecular complexity index is 204. The summed E-state index contributed by atoms with van der Waals surface area (Å²) in [4.78, 5) is 0. The van der Waals surface area contributed by atoms with E-state index >= 15 is 0 Å². The smallest absolute Gasteiger partial charge is 0.291 e. The maximum atomic E-state index is 11.3. The zero-order valence-corrected chi connectivity index (χ0v) is 9.53. The summed E-state index contributed by atoms with van der Waals surface area (Å²) >= 11 is 2.90. The molecule has 1 rings (SSSR count). The second kappa shape index (κ2) is 2.32. The molecule has 0 aromatic rings. The van der Waals surface area contributed by atoms with Crippen LogP contribution in [0.4, 0.5) is 0 Å². The minimum absolute atomic E-state index is 0.508. The zero-order valence-electron chi connectivity index (χ0n) is 7.05. The molecule has 0 spiro atoms. The third-order valence-electron chi connectivity index (χ3n) is 2.12. The number of hydrogen-bond donors (Lipinski definition) is 0. The lowest BCUT2D eigenvalue weighted by Crippen LogP contribution is -2.41. The highest BCUT2D eigenvalue weighted by molar-refractivity contribution is 9.39. The second-order valence-corrected chi connectivity index (χ2v) is 7.47. The standard InChI is InChI=1S/C6H12BrO3P/c1-5(2)6(3,4)10-11(7,8)9-5/h1-4H3. The van der Waals surface area contributed by atoms with Crippen LogP contribution in [0.1, 0.15) is 27.7 Å². The topological polar surface area (TPSA) is 35.5 Å². The van der Waals surface area contributed by atoms with E-state index in [1.165, 1.54) is 0 Å². The van der Waals surface area contributed by atoms with Crippen LogP contribution in [0.5, 0.6) is 0 Å². The van der Waals surface area contributed by atoms with Gasteiger partial charge >= 0.3 is 6.30 Å². The molecule has 0 saturated carbocycles. The monoisotopic (exact) mass is 242 g/mol. The van der Waals surface area contributed by atoms with Gasteiger partial charge in [0.05, 0.1) is 0 Å². The minimum Gasteiger partial charge on any atom is -0.291 e. The second-order valence-electron chi connectivity index (χ2n) is 3.63. The van der Waals surface area contributed by atoms with Gasteiger partial charge in [0.25, 0.3) is 0 Å². The first-order chi connectivity index (χ1) is 4.66. The van der Waals surface area contributed by atoms with E-state index in [0.717, 1.165) is 0 Å². The van der Waals surface area contributed by atoms with Crippen LogP contribution in [0.15, 0.2) is 0 Å². The molecule has 0 unspecified atom stereocenters. The fourth-order valence-corrected chi connectivity index (χ4v) is 4.52. The third-order valence-corrected chi connectivity index (χ3v) is 4.34. The average Bonchev–Trinajstić information content (AvgIpc) is 1.66. The van der Waals surface area contributed by atoms with Gasteiger partial charge in [0.15, 0.2) is 0 Å². The van der Waals surface area contributed by atoms with E-state index in [0.29, 0.717) is 0 Å². The van der Waals surface area contributed by atoms with Gasteiger partial charge in [0.1, 0.15) is 11.2 Å². The predicted molar refractivity (Wildman–Crippen MR) is 46.9 cm³/mol. The molecular formula is C6H12BrO3P. The molecule has 0 aromatic carbocycles. The molecule has 0 amide bonds. The highest BCUT2D eigenvalue weighted by atomic mass is 79.9. The first-order valence-corrected chi connectivity index (χ1v) is 6.94. The van der Waals surface area contributed by atoms with E-state index in [2.05, 4.69) is 15.5 Å². The van der Waals surface area contributed by atoms with Gasteiger partial charge in [-0.1, -0.05) is 0 Å². The SMILES string of the molecule is CC1(C)OP(=O)(Br)OC1(C)C. The molecule has 1 aliphatic rings. The summed E-state index contributed by atoms with van der Waals surface area (Å²) in [6, 6.07) is 0. The Morgan fingerprint density at radius 1 is 1.09 bits per heavy atom. The Labute approximate surface area is 74.7 Å². The first kappa shape index (κ1) is 9.72. The van der Waals surface area contributed by atoms with Crippen molar-refractivity contribution < 1.29 is 13.6 Å². The van der Waals surface area contributed by atoms with Crippen LogP contribution in [-0.2, 0) is 13.6 Å². The van der Waals surface area contributed by atoms with Crippen molar-refractivity contribution >= 4 is 21.8 Å². The summed E-state index contributed by atoms with van der Waals surface area (Å²) in [6.07, 6.45) is -2.97. The summed E-state index contributed by atoms with van der Waals surface area (Å²) in [5.74, 6) is 0. The quantitative estimate of drug-likeness (QED) is 0.613. The largest absolute Gasteiger partial charge is 0.397 e. The van der Waals surface area contributed by atoms with Crippen molar-refractivity contribution in [3.63, 3.8) is 0 Å². The fraction of sp³-hybridized carbons (Fsp3) is 1.00. The van der Waals surface area contributed by atoms with Crippen LogP contribution in [-0.4, -0.2) is 11.2 Å². The van der Waals surface area contributed by atoms with Crippen molar-refractivity contribution in [2.24, 2.45) is 0 Å². The molecule has 1 aliphatic heterocycles. The van der Waals surface area contributed by atoms with Crippen LogP contribution in [0.25, 0.3) is 0 Å². The third kappa shape index (κ3) is 1.69. The molecule has 0 bridgehead atoms. The Kier molecular flexibility index (Phi) is 2.05. The summed E-state index contributed by atoms with van der Waals surface area (Å²) in [5, 5.41) is 0. The molecule has 3 nitrogen and oxygen atoms in total. The van der Waals surface area contributed by atoms with E-state index in [9.17, 15) is 4.57 Å². The Balaban J connectivity index is 2.98. The lowest BCUT2D eigenvalue weighted by molar-refractivity contribution is 0.00578. The number of halogens is 1. The van der Waals surface area contributed by atoms with Gasteiger partial charge in [0, 0.05) is 15.5 Å². The van der Waals surface area contributed by atoms with E-state index in [1.54, 1.807) is 0 Å². The van der Waals surface area contributed by atoms with Crippen LogP contribution in [0, 0.1) is 0 Å². The first-order valence-electron chi connectivity index (χ1n) is 3.38. The van der Waals surface area contributed by atoms with Crippen LogP contribution in [0.3, 0.4) is 0 Å². The summed E-state index contributed by atoms with van der Waals surface area (Å²) < 4.78 is 21.7. The maximum Gasteiger partial charge on any atom is 0.397 e. The van der Waals surface area contributed by atoms with Crippen molar-refractivity contribution in [3.05, 3.63) is 0 Å². The molecule has 0 aliphatic carbocycles. The lowest BCUT2D eigenvalue weighted by Gasteiger charge is -2.29. The van der Waals surface area contributed by atoms with Gasteiger partial charge in [-0.25, -0.2) is 4.57 Å². The van der Waals surface area contributed by atoms with Gasteiger partial charge in [-0.15, -0.1) is 0 Å². The molecule has 11 heavy (non-hydrogen) atoms. The van der Waals surface area contributed by atoms with Crippen molar-refractivity contribution in [1.29, 1.82) is 0 Å². The molecule has 0 aromatic heterocycles. The van der Waals surface area contributed by atoms with E-state index in [1.807, 2.05) is 27.7 Å². The van der Waals surface area contributed by atoms with Crippen LogP contribution >= 0.6 is 21.8 Å². The normalized spacial score (nSPS) is 32.1. The van der Waals surface area contributed by atoms with Gasteiger partial charge in [-0.05, 0) is 27.7 Å². The van der Waals surface area contributed by atoms with Crippen molar-refractivity contribution in [1.82, 2.24) is 0 Å². The Morgan fingerprint density at radius 2 is 1.36 bits per heavy atom. The average molecular weight is 243 g/mol. The highest BCUT2D eigenvalue weighted by Gasteiger charge is 2.54. The number of rotatable bonds is 0. The van der Waals surface area contributed by atoms with E-state index in [4.69, 9.17) is 9.05 Å². The summed E-state index contributed by atoms with van der Waals surface area (Å²) in [5.41, 5.74) is -1.02. The molecule has 1 saturated heterocycles. The molecule has 0 radical (unpaired) electrons. The Morgan fingerprint density at radius 3 is 1.45 bits per heavy atom. The van der Waals surface area contributed by atoms with Crippen molar-refractivity contribution in [2.45, 2.75) is 38.9 Å². The molecule has 5 heteroatoms. The summed E-state index contributed by atoms with van der Waals surface area (Å²) in [6.45, 7) is 7.42. The van der Waals surface area contributed by atoms with Crippen LogP contribution < -0.4 is 0 Å². The van der Waals surface area contributed by atoms with Gasteiger partial charge < -0.3 is 0 Å². The number of hydrogen-bond acceptors (Lipinski definition) is 3. The van der Waals surface area contributed by atoms with Crippen molar-refractivity contribution in [3.8, 4) is 0 Å². The maximum absolute atomic E-state index is 11.3. The van der Waals surface area contributed by atoms with Crippen molar-refractivity contribution in [2.75, 3.05) is 0 Å². The van der Waals surface area contributed by atoms with E-state index in [-0.39, 0.29) is 0 Å². The van der Waals surface area contributed by atoms with Gasteiger partial charge in [0.2, 0.25) is 0 Å². The molecule has 1 fully saturated rings. The zero-order chi connectivity index (χ0) is 8.91. The molecule has 1 heterocycles. The van der Waals surface area contributed by atoms with E-state index < -0.39 is 17.5 Å². The van der Waals surface area contributed by atoms with Gasteiger partial charge in [-0.3, -0.25) is 9.05 Å². The molecule has 0 atom stereocenters. The summed E-state index contributed by atoms with van der Waals surface area (Å²) in [7, 11) is 0. The lowest BCUT2D eigenvalue weighted by atomic mass is 9.90. The fourth-order valence-electron chi connectivity index (χ4n) is 0.784.